The number of amides is 2. The summed E-state index contributed by atoms with van der Waals surface area (Å²) in [5.41, 5.74) is 2.16. The molecule has 2 amide bonds. The van der Waals surface area contributed by atoms with Crippen molar-refractivity contribution in [1.82, 2.24) is 10.6 Å². The van der Waals surface area contributed by atoms with E-state index in [1.807, 2.05) is 43.3 Å². The quantitative estimate of drug-likeness (QED) is 0.526. The zero-order valence-corrected chi connectivity index (χ0v) is 19.6. The fourth-order valence-electron chi connectivity index (χ4n) is 4.17. The number of ether oxygens (including phenoxy) is 1. The maximum absolute atomic E-state index is 12.7. The van der Waals surface area contributed by atoms with E-state index in [9.17, 15) is 19.5 Å². The molecule has 1 aliphatic carbocycles. The van der Waals surface area contributed by atoms with Crippen molar-refractivity contribution in [3.05, 3.63) is 59.7 Å². The van der Waals surface area contributed by atoms with Crippen LogP contribution in [0, 0.1) is 5.41 Å². The topological polar surface area (TPSA) is 105 Å². The Morgan fingerprint density at radius 3 is 2.03 bits per heavy atom. The molecule has 7 heteroatoms. The van der Waals surface area contributed by atoms with Crippen molar-refractivity contribution in [2.24, 2.45) is 5.41 Å². The third kappa shape index (κ3) is 5.18. The second-order valence-electron chi connectivity index (χ2n) is 9.40. The van der Waals surface area contributed by atoms with Crippen LogP contribution in [0.3, 0.4) is 0 Å². The number of alkyl carbamates (subject to hydrolysis) is 1. The van der Waals surface area contributed by atoms with Crippen molar-refractivity contribution in [3.8, 4) is 11.1 Å². The van der Waals surface area contributed by atoms with E-state index in [0.29, 0.717) is 12.8 Å². The van der Waals surface area contributed by atoms with Crippen LogP contribution < -0.4 is 10.6 Å². The van der Waals surface area contributed by atoms with Crippen LogP contribution in [-0.2, 0) is 14.3 Å². The maximum Gasteiger partial charge on any atom is 0.407 e. The smallest absolute Gasteiger partial charge is 0.407 e. The minimum absolute atomic E-state index is 0.0112. The summed E-state index contributed by atoms with van der Waals surface area (Å²) in [6.45, 7) is 6.85. The number of fused-ring (bicyclic) bond motifs is 3. The lowest BCUT2D eigenvalue weighted by Gasteiger charge is -2.31. The number of carboxylic acid groups (broad SMARTS) is 1. The Morgan fingerprint density at radius 2 is 1.52 bits per heavy atom. The fourth-order valence-corrected chi connectivity index (χ4v) is 4.17. The summed E-state index contributed by atoms with van der Waals surface area (Å²) >= 11 is 0. The van der Waals surface area contributed by atoms with Gasteiger partial charge in [-0.1, -0.05) is 61.9 Å². The molecule has 0 aromatic heterocycles. The van der Waals surface area contributed by atoms with Gasteiger partial charge in [-0.2, -0.15) is 0 Å². The van der Waals surface area contributed by atoms with Gasteiger partial charge in [0.05, 0.1) is 5.41 Å². The van der Waals surface area contributed by atoms with E-state index in [-0.39, 0.29) is 19.1 Å². The Kier molecular flexibility index (Phi) is 7.10. The second-order valence-corrected chi connectivity index (χ2v) is 9.40. The number of hydrogen-bond donors (Lipinski definition) is 3. The maximum atomic E-state index is 12.7. The molecule has 1 atom stereocenters. The molecule has 33 heavy (non-hydrogen) atoms. The van der Waals surface area contributed by atoms with E-state index in [1.165, 1.54) is 6.92 Å². The molecule has 0 spiro atoms. The predicted molar refractivity (Wildman–Crippen MR) is 126 cm³/mol. The van der Waals surface area contributed by atoms with Gasteiger partial charge in [0.2, 0.25) is 5.91 Å². The summed E-state index contributed by atoms with van der Waals surface area (Å²) in [6.07, 6.45) is 0.304. The molecule has 0 bridgehead atoms. The molecule has 7 nitrogen and oxygen atoms in total. The van der Waals surface area contributed by atoms with Gasteiger partial charge in [-0.25, -0.2) is 9.59 Å². The highest BCUT2D eigenvalue weighted by Crippen LogP contribution is 2.44. The average molecular weight is 453 g/mol. The van der Waals surface area contributed by atoms with Crippen LogP contribution in [0.25, 0.3) is 11.1 Å². The van der Waals surface area contributed by atoms with Crippen molar-refractivity contribution in [3.63, 3.8) is 0 Å². The first kappa shape index (κ1) is 24.3. The van der Waals surface area contributed by atoms with E-state index in [0.717, 1.165) is 22.3 Å². The zero-order valence-electron chi connectivity index (χ0n) is 19.6. The number of carbonyl (C=O) groups excluding carboxylic acids is 2. The van der Waals surface area contributed by atoms with Gasteiger partial charge in [-0.3, -0.25) is 4.79 Å². The number of aliphatic carboxylic acids is 1. The summed E-state index contributed by atoms with van der Waals surface area (Å²) in [4.78, 5) is 36.8. The summed E-state index contributed by atoms with van der Waals surface area (Å²) < 4.78 is 5.52. The van der Waals surface area contributed by atoms with Crippen LogP contribution in [0.2, 0.25) is 0 Å². The van der Waals surface area contributed by atoms with Crippen LogP contribution >= 0.6 is 0 Å². The molecule has 1 aliphatic rings. The van der Waals surface area contributed by atoms with Gasteiger partial charge in [0.1, 0.15) is 12.1 Å². The Morgan fingerprint density at radius 1 is 0.970 bits per heavy atom. The SMILES string of the molecule is CCCC(C)(NC(=O)C(C)(C)CNC(=O)OCC1c2ccccc2-c2ccccc21)C(=O)O. The van der Waals surface area contributed by atoms with Crippen LogP contribution in [0.4, 0.5) is 4.79 Å². The first-order valence-electron chi connectivity index (χ1n) is 11.2. The average Bonchev–Trinajstić information content (AvgIpc) is 3.10. The first-order valence-corrected chi connectivity index (χ1v) is 11.2. The molecule has 2 aromatic carbocycles. The normalized spacial score (nSPS) is 14.5. The van der Waals surface area contributed by atoms with E-state index in [1.54, 1.807) is 13.8 Å². The third-order valence-electron chi connectivity index (χ3n) is 6.24. The lowest BCUT2D eigenvalue weighted by atomic mass is 9.88. The van der Waals surface area contributed by atoms with Gasteiger partial charge in [-0.05, 0) is 49.4 Å². The molecule has 0 heterocycles. The Labute approximate surface area is 194 Å². The van der Waals surface area contributed by atoms with Crippen molar-refractivity contribution >= 4 is 18.0 Å². The lowest BCUT2D eigenvalue weighted by molar-refractivity contribution is -0.148. The first-order chi connectivity index (χ1) is 15.6. The fraction of sp³-hybridized carbons (Fsp3) is 0.423. The van der Waals surface area contributed by atoms with Crippen molar-refractivity contribution < 1.29 is 24.2 Å². The van der Waals surface area contributed by atoms with Crippen molar-refractivity contribution in [1.29, 1.82) is 0 Å². The standard InChI is InChI=1S/C26H32N2O5/c1-5-14-26(4,23(30)31)28-22(29)25(2,3)16-27-24(32)33-15-21-19-12-8-6-10-17(19)18-11-7-9-13-20(18)21/h6-13,21H,5,14-16H2,1-4H3,(H,27,32)(H,28,29)(H,30,31). The van der Waals surface area contributed by atoms with Gasteiger partial charge >= 0.3 is 12.1 Å². The molecule has 176 valence electrons. The highest BCUT2D eigenvalue weighted by Gasteiger charge is 2.39. The summed E-state index contributed by atoms with van der Waals surface area (Å²) in [5, 5.41) is 14.8. The van der Waals surface area contributed by atoms with Crippen molar-refractivity contribution in [2.45, 2.75) is 52.0 Å². The molecule has 1 unspecified atom stereocenters. The van der Waals surface area contributed by atoms with Crippen molar-refractivity contribution in [2.75, 3.05) is 13.2 Å². The molecular formula is C26H32N2O5. The second kappa shape index (κ2) is 9.65. The number of rotatable bonds is 9. The molecular weight excluding hydrogens is 420 g/mol. The summed E-state index contributed by atoms with van der Waals surface area (Å²) in [5.74, 6) is -1.58. The molecule has 0 fully saturated rings. The van der Waals surface area contributed by atoms with Gasteiger partial charge in [0.25, 0.3) is 0 Å². The van der Waals surface area contributed by atoms with Crippen LogP contribution in [0.15, 0.2) is 48.5 Å². The van der Waals surface area contributed by atoms with E-state index < -0.39 is 28.9 Å². The van der Waals surface area contributed by atoms with Crippen LogP contribution in [0.1, 0.15) is 57.6 Å². The molecule has 0 aliphatic heterocycles. The molecule has 3 N–H and O–H groups in total. The van der Waals surface area contributed by atoms with Crippen LogP contribution in [0.5, 0.6) is 0 Å². The van der Waals surface area contributed by atoms with E-state index >= 15 is 0 Å². The van der Waals surface area contributed by atoms with E-state index in [2.05, 4.69) is 22.8 Å². The van der Waals surface area contributed by atoms with Gasteiger partial charge in [0.15, 0.2) is 0 Å². The molecule has 0 saturated heterocycles. The zero-order chi connectivity index (χ0) is 24.2. The minimum Gasteiger partial charge on any atom is -0.480 e. The van der Waals surface area contributed by atoms with Gasteiger partial charge in [-0.15, -0.1) is 0 Å². The lowest BCUT2D eigenvalue weighted by Crippen LogP contribution is -2.57. The number of carboxylic acids is 1. The summed E-state index contributed by atoms with van der Waals surface area (Å²) in [7, 11) is 0. The number of nitrogens with one attached hydrogen (secondary N) is 2. The molecule has 0 radical (unpaired) electrons. The molecule has 0 saturated carbocycles. The Hall–Kier alpha value is -3.35. The number of carbonyl (C=O) groups is 3. The number of hydrogen-bond acceptors (Lipinski definition) is 4. The predicted octanol–water partition coefficient (Wildman–Crippen LogP) is 4.31. The van der Waals surface area contributed by atoms with Gasteiger partial charge in [0, 0.05) is 12.5 Å². The van der Waals surface area contributed by atoms with Crippen LogP contribution in [-0.4, -0.2) is 41.8 Å². The highest BCUT2D eigenvalue weighted by molar-refractivity contribution is 5.89. The highest BCUT2D eigenvalue weighted by atomic mass is 16.5. The minimum atomic E-state index is -1.35. The van der Waals surface area contributed by atoms with E-state index in [4.69, 9.17) is 4.74 Å². The third-order valence-corrected chi connectivity index (χ3v) is 6.24. The number of benzene rings is 2. The van der Waals surface area contributed by atoms with Gasteiger partial charge < -0.3 is 20.5 Å². The molecule has 3 rings (SSSR count). The summed E-state index contributed by atoms with van der Waals surface area (Å²) in [6, 6.07) is 16.2. The Balaban J connectivity index is 1.58. The monoisotopic (exact) mass is 452 g/mol. The molecule has 2 aromatic rings. The largest absolute Gasteiger partial charge is 0.480 e. The Bertz CT molecular complexity index is 1000.